The zero-order chi connectivity index (χ0) is 23.8. The quantitative estimate of drug-likeness (QED) is 0.576. The molecule has 1 N–H and O–H groups in total. The number of sulfonamides is 1. The molecule has 33 heavy (non-hydrogen) atoms. The minimum atomic E-state index is -4.75. The summed E-state index contributed by atoms with van der Waals surface area (Å²) >= 11 is 0. The van der Waals surface area contributed by atoms with Gasteiger partial charge in [-0.15, -0.1) is 0 Å². The fraction of sp³-hybridized carbons (Fsp3) is 0.391. The number of nitrogens with one attached hydrogen (secondary N) is 1. The van der Waals surface area contributed by atoms with Gasteiger partial charge in [-0.1, -0.05) is 0 Å². The highest BCUT2D eigenvalue weighted by Gasteiger charge is 2.39. The standard InChI is InChI=1S/C23H25F3N4O2S/c1-15-9-18(10-16(2)28-15)19-11-17-3-6-27-13-21(17)22(12-19)29-20-4-7-30(8-5-20)33(31,32)14-23(24,25)26/h3,6,9-13,20,29H,4-5,7-8,14H2,1-2H3. The van der Waals surface area contributed by atoms with Crippen LogP contribution in [0, 0.1) is 13.8 Å². The SMILES string of the molecule is Cc1cc(-c2cc(NC3CCN(S(=O)(=O)CC(F)(F)F)CC3)c3cnccc3c2)cc(C)n1. The zero-order valence-electron chi connectivity index (χ0n) is 18.4. The van der Waals surface area contributed by atoms with Crippen molar-refractivity contribution in [2.45, 2.75) is 38.9 Å². The molecule has 10 heteroatoms. The number of aromatic nitrogens is 2. The molecule has 0 spiro atoms. The van der Waals surface area contributed by atoms with Crippen LogP contribution in [0.15, 0.2) is 42.7 Å². The molecular weight excluding hydrogens is 453 g/mol. The molecule has 176 valence electrons. The zero-order valence-corrected chi connectivity index (χ0v) is 19.2. The normalized spacial score (nSPS) is 16.3. The molecule has 4 rings (SSSR count). The van der Waals surface area contributed by atoms with E-state index < -0.39 is 22.0 Å². The molecule has 3 heterocycles. The smallest absolute Gasteiger partial charge is 0.382 e. The van der Waals surface area contributed by atoms with Gasteiger partial charge in [0, 0.05) is 54.0 Å². The third kappa shape index (κ3) is 5.62. The van der Waals surface area contributed by atoms with Gasteiger partial charge >= 0.3 is 6.18 Å². The summed E-state index contributed by atoms with van der Waals surface area (Å²) in [5.74, 6) is -1.82. The van der Waals surface area contributed by atoms with Gasteiger partial charge in [0.15, 0.2) is 5.75 Å². The number of hydrogen-bond acceptors (Lipinski definition) is 5. The molecule has 3 aromatic rings. The predicted octanol–water partition coefficient (Wildman–Crippen LogP) is 4.68. The maximum atomic E-state index is 12.6. The number of rotatable bonds is 5. The lowest BCUT2D eigenvalue weighted by molar-refractivity contribution is -0.107. The van der Waals surface area contributed by atoms with Gasteiger partial charge in [0.25, 0.3) is 0 Å². The first-order chi connectivity index (χ1) is 15.5. The van der Waals surface area contributed by atoms with Crippen molar-refractivity contribution in [3.63, 3.8) is 0 Å². The molecule has 0 amide bonds. The molecular formula is C23H25F3N4O2S. The number of hydrogen-bond donors (Lipinski definition) is 1. The number of benzene rings is 1. The Bertz CT molecular complexity index is 1250. The lowest BCUT2D eigenvalue weighted by Gasteiger charge is -2.32. The molecule has 1 saturated heterocycles. The van der Waals surface area contributed by atoms with E-state index in [0.717, 1.165) is 43.3 Å². The first kappa shape index (κ1) is 23.4. The lowest BCUT2D eigenvalue weighted by Crippen LogP contribution is -2.45. The molecule has 2 aromatic heterocycles. The van der Waals surface area contributed by atoms with Crippen LogP contribution in [0.25, 0.3) is 21.9 Å². The van der Waals surface area contributed by atoms with E-state index in [9.17, 15) is 21.6 Å². The highest BCUT2D eigenvalue weighted by Crippen LogP contribution is 2.33. The number of halogens is 3. The van der Waals surface area contributed by atoms with Crippen molar-refractivity contribution in [3.05, 3.63) is 54.1 Å². The Hall–Kier alpha value is -2.72. The van der Waals surface area contributed by atoms with Gasteiger partial charge in [0.2, 0.25) is 10.0 Å². The van der Waals surface area contributed by atoms with Crippen LogP contribution in [0.1, 0.15) is 24.2 Å². The summed E-state index contributed by atoms with van der Waals surface area (Å²) in [4.78, 5) is 8.67. The topological polar surface area (TPSA) is 75.2 Å². The molecule has 1 aromatic carbocycles. The number of aryl methyl sites for hydroxylation is 2. The number of pyridine rings is 2. The first-order valence-electron chi connectivity index (χ1n) is 10.6. The van der Waals surface area contributed by atoms with E-state index in [0.29, 0.717) is 12.8 Å². The molecule has 1 fully saturated rings. The fourth-order valence-electron chi connectivity index (χ4n) is 4.28. The highest BCUT2D eigenvalue weighted by atomic mass is 32.2. The van der Waals surface area contributed by atoms with Gasteiger partial charge in [-0.3, -0.25) is 9.97 Å². The third-order valence-corrected chi connectivity index (χ3v) is 7.57. The Kier molecular flexibility index (Phi) is 6.32. The molecule has 0 saturated carbocycles. The predicted molar refractivity (Wildman–Crippen MR) is 123 cm³/mol. The highest BCUT2D eigenvalue weighted by molar-refractivity contribution is 7.89. The summed E-state index contributed by atoms with van der Waals surface area (Å²) in [7, 11) is -4.36. The Labute approximate surface area is 190 Å². The summed E-state index contributed by atoms with van der Waals surface area (Å²) < 4.78 is 62.9. The van der Waals surface area contributed by atoms with Crippen LogP contribution in [0.2, 0.25) is 0 Å². The second kappa shape index (κ2) is 8.90. The maximum Gasteiger partial charge on any atom is 0.404 e. The number of alkyl halides is 3. The Morgan fingerprint density at radius 3 is 2.33 bits per heavy atom. The van der Waals surface area contributed by atoms with Gasteiger partial charge in [-0.05, 0) is 73.5 Å². The van der Waals surface area contributed by atoms with E-state index in [-0.39, 0.29) is 19.1 Å². The minimum Gasteiger partial charge on any atom is -0.382 e. The molecule has 0 bridgehead atoms. The first-order valence-corrected chi connectivity index (χ1v) is 12.3. The van der Waals surface area contributed by atoms with Crippen LogP contribution in [-0.2, 0) is 10.0 Å². The largest absolute Gasteiger partial charge is 0.404 e. The van der Waals surface area contributed by atoms with Gasteiger partial charge < -0.3 is 5.32 Å². The van der Waals surface area contributed by atoms with Crippen LogP contribution in [0.3, 0.4) is 0 Å². The molecule has 1 aliphatic rings. The van der Waals surface area contributed by atoms with Crippen LogP contribution < -0.4 is 5.32 Å². The average molecular weight is 479 g/mol. The monoisotopic (exact) mass is 478 g/mol. The summed E-state index contributed by atoms with van der Waals surface area (Å²) in [5.41, 5.74) is 4.74. The van der Waals surface area contributed by atoms with Crippen molar-refractivity contribution in [2.75, 3.05) is 24.2 Å². The molecule has 0 aliphatic carbocycles. The second-order valence-electron chi connectivity index (χ2n) is 8.45. The van der Waals surface area contributed by atoms with Gasteiger partial charge in [0.05, 0.1) is 0 Å². The maximum absolute atomic E-state index is 12.6. The van der Waals surface area contributed by atoms with Gasteiger partial charge in [-0.25, -0.2) is 12.7 Å². The Morgan fingerprint density at radius 1 is 1.06 bits per heavy atom. The molecule has 0 atom stereocenters. The second-order valence-corrected chi connectivity index (χ2v) is 10.4. The third-order valence-electron chi connectivity index (χ3n) is 5.72. The molecule has 0 unspecified atom stereocenters. The van der Waals surface area contributed by atoms with E-state index in [4.69, 9.17) is 0 Å². The molecule has 6 nitrogen and oxygen atoms in total. The number of fused-ring (bicyclic) bond motifs is 1. The van der Waals surface area contributed by atoms with Crippen LogP contribution in [0.5, 0.6) is 0 Å². The Morgan fingerprint density at radius 2 is 1.70 bits per heavy atom. The van der Waals surface area contributed by atoms with Gasteiger partial charge in [0.1, 0.15) is 0 Å². The van der Waals surface area contributed by atoms with Crippen molar-refractivity contribution in [2.24, 2.45) is 0 Å². The van der Waals surface area contributed by atoms with Gasteiger partial charge in [-0.2, -0.15) is 13.2 Å². The number of nitrogens with zero attached hydrogens (tertiary/aromatic N) is 3. The van der Waals surface area contributed by atoms with E-state index in [1.54, 1.807) is 12.4 Å². The van der Waals surface area contributed by atoms with Crippen LogP contribution in [0.4, 0.5) is 18.9 Å². The number of anilines is 1. The van der Waals surface area contributed by atoms with E-state index in [1.165, 1.54) is 0 Å². The van der Waals surface area contributed by atoms with Crippen molar-refractivity contribution < 1.29 is 21.6 Å². The van der Waals surface area contributed by atoms with Crippen molar-refractivity contribution >= 4 is 26.5 Å². The average Bonchev–Trinajstić information content (AvgIpc) is 2.72. The number of piperidine rings is 1. The van der Waals surface area contributed by atoms with Crippen molar-refractivity contribution in [1.29, 1.82) is 0 Å². The van der Waals surface area contributed by atoms with Crippen molar-refractivity contribution in [1.82, 2.24) is 14.3 Å². The van der Waals surface area contributed by atoms with Crippen LogP contribution in [-0.4, -0.2) is 53.8 Å². The van der Waals surface area contributed by atoms with E-state index >= 15 is 0 Å². The summed E-state index contributed by atoms with van der Waals surface area (Å²) in [6.45, 7) is 3.99. The summed E-state index contributed by atoms with van der Waals surface area (Å²) in [5, 5.41) is 5.41. The lowest BCUT2D eigenvalue weighted by atomic mass is 9.99. The molecule has 0 radical (unpaired) electrons. The Balaban J connectivity index is 1.57. The van der Waals surface area contributed by atoms with Crippen molar-refractivity contribution in [3.8, 4) is 11.1 Å². The fourth-order valence-corrected chi connectivity index (χ4v) is 5.65. The van der Waals surface area contributed by atoms with E-state index in [1.807, 2.05) is 38.1 Å². The molecule has 1 aliphatic heterocycles. The van der Waals surface area contributed by atoms with Crippen LogP contribution >= 0.6 is 0 Å². The summed E-state index contributed by atoms with van der Waals surface area (Å²) in [6.07, 6.45) is -0.423. The van der Waals surface area contributed by atoms with E-state index in [2.05, 4.69) is 21.4 Å². The minimum absolute atomic E-state index is 0.0503. The summed E-state index contributed by atoms with van der Waals surface area (Å²) in [6, 6.07) is 10.0.